The van der Waals surface area contributed by atoms with Crippen LogP contribution in [0.4, 0.5) is 11.8 Å². The molecule has 25 heavy (non-hydrogen) atoms. The van der Waals surface area contributed by atoms with E-state index in [1.165, 1.54) is 0 Å². The molecule has 0 amide bonds. The summed E-state index contributed by atoms with van der Waals surface area (Å²) in [5.41, 5.74) is 13.7. The second kappa shape index (κ2) is 7.20. The molecule has 0 radical (unpaired) electrons. The van der Waals surface area contributed by atoms with Gasteiger partial charge in [0.25, 0.3) is 0 Å². The first-order chi connectivity index (χ1) is 12.1. The predicted molar refractivity (Wildman–Crippen MR) is 99.5 cm³/mol. The fourth-order valence-electron chi connectivity index (χ4n) is 2.35. The second-order valence-corrected chi connectivity index (χ2v) is 6.13. The summed E-state index contributed by atoms with van der Waals surface area (Å²) >= 11 is 3.43. The van der Waals surface area contributed by atoms with Gasteiger partial charge in [-0.05, 0) is 23.8 Å². The van der Waals surface area contributed by atoms with Crippen LogP contribution in [0.1, 0.15) is 11.1 Å². The molecule has 1 heterocycles. The van der Waals surface area contributed by atoms with E-state index >= 15 is 0 Å². The first-order valence-electron chi connectivity index (χ1n) is 7.38. The van der Waals surface area contributed by atoms with Crippen LogP contribution in [0.2, 0.25) is 0 Å². The van der Waals surface area contributed by atoms with Gasteiger partial charge in [0.15, 0.2) is 0 Å². The molecular weight excluding hydrogens is 382 g/mol. The molecular formula is C18H14BrN5O. The zero-order valence-electron chi connectivity index (χ0n) is 13.1. The number of anilines is 2. The molecule has 4 N–H and O–H groups in total. The van der Waals surface area contributed by atoms with E-state index in [1.54, 1.807) is 6.07 Å². The van der Waals surface area contributed by atoms with E-state index in [0.29, 0.717) is 23.6 Å². The average Bonchev–Trinajstić information content (AvgIpc) is 2.60. The predicted octanol–water partition coefficient (Wildman–Crippen LogP) is 3.52. The lowest BCUT2D eigenvalue weighted by atomic mass is 10.1. The van der Waals surface area contributed by atoms with Crippen molar-refractivity contribution in [1.29, 1.82) is 5.26 Å². The molecule has 0 atom stereocenters. The number of rotatable bonds is 4. The van der Waals surface area contributed by atoms with Crippen molar-refractivity contribution in [3.05, 3.63) is 64.1 Å². The van der Waals surface area contributed by atoms with Crippen LogP contribution in [0.25, 0.3) is 11.3 Å². The third-order valence-corrected chi connectivity index (χ3v) is 4.00. The molecule has 0 saturated heterocycles. The maximum Gasteiger partial charge on any atom is 0.222 e. The Morgan fingerprint density at radius 2 is 1.84 bits per heavy atom. The summed E-state index contributed by atoms with van der Waals surface area (Å²) in [6.45, 7) is 0.377. The SMILES string of the molecule is N#Cc1c(N)nc(N)nc1-c1ccc(Br)cc1OCc1ccccc1. The van der Waals surface area contributed by atoms with E-state index in [9.17, 15) is 5.26 Å². The molecule has 0 aliphatic heterocycles. The number of nitrogen functional groups attached to an aromatic ring is 2. The smallest absolute Gasteiger partial charge is 0.222 e. The highest BCUT2D eigenvalue weighted by Gasteiger charge is 2.17. The van der Waals surface area contributed by atoms with E-state index in [2.05, 4.69) is 25.9 Å². The van der Waals surface area contributed by atoms with Crippen LogP contribution in [0.3, 0.4) is 0 Å². The van der Waals surface area contributed by atoms with Crippen LogP contribution in [-0.4, -0.2) is 9.97 Å². The topological polar surface area (TPSA) is 111 Å². The molecule has 0 saturated carbocycles. The minimum atomic E-state index is 0.00317. The van der Waals surface area contributed by atoms with Gasteiger partial charge in [0.05, 0.1) is 5.69 Å². The largest absolute Gasteiger partial charge is 0.488 e. The summed E-state index contributed by atoms with van der Waals surface area (Å²) in [4.78, 5) is 8.03. The maximum absolute atomic E-state index is 9.40. The number of hydrogen-bond donors (Lipinski definition) is 2. The number of hydrogen-bond acceptors (Lipinski definition) is 6. The van der Waals surface area contributed by atoms with Gasteiger partial charge < -0.3 is 16.2 Å². The van der Waals surface area contributed by atoms with Gasteiger partial charge in [-0.2, -0.15) is 10.2 Å². The van der Waals surface area contributed by atoms with Crippen molar-refractivity contribution in [2.75, 3.05) is 11.5 Å². The van der Waals surface area contributed by atoms with Gasteiger partial charge in [0, 0.05) is 10.0 Å². The van der Waals surface area contributed by atoms with E-state index in [-0.39, 0.29) is 17.3 Å². The molecule has 0 aliphatic carbocycles. The number of nitrogens with zero attached hydrogens (tertiary/aromatic N) is 3. The van der Waals surface area contributed by atoms with Crippen LogP contribution in [0.15, 0.2) is 53.0 Å². The van der Waals surface area contributed by atoms with Crippen LogP contribution in [0.5, 0.6) is 5.75 Å². The molecule has 6 nitrogen and oxygen atoms in total. The zero-order chi connectivity index (χ0) is 17.8. The lowest BCUT2D eigenvalue weighted by molar-refractivity contribution is 0.307. The number of halogens is 1. The molecule has 1 aromatic heterocycles. The lowest BCUT2D eigenvalue weighted by Gasteiger charge is -2.13. The Morgan fingerprint density at radius 1 is 1.08 bits per heavy atom. The Labute approximate surface area is 153 Å². The average molecular weight is 396 g/mol. The second-order valence-electron chi connectivity index (χ2n) is 5.22. The van der Waals surface area contributed by atoms with Gasteiger partial charge >= 0.3 is 0 Å². The Bertz CT molecular complexity index is 954. The van der Waals surface area contributed by atoms with Crippen molar-refractivity contribution in [2.45, 2.75) is 6.61 Å². The van der Waals surface area contributed by atoms with Crippen molar-refractivity contribution in [3.63, 3.8) is 0 Å². The Balaban J connectivity index is 2.05. The molecule has 3 aromatic rings. The molecule has 7 heteroatoms. The molecule has 0 fully saturated rings. The van der Waals surface area contributed by atoms with Gasteiger partial charge in [0.2, 0.25) is 5.95 Å². The molecule has 0 unspecified atom stereocenters. The number of aromatic nitrogens is 2. The van der Waals surface area contributed by atoms with Gasteiger partial charge in [-0.25, -0.2) is 4.98 Å². The van der Waals surface area contributed by atoms with E-state index < -0.39 is 0 Å². The minimum Gasteiger partial charge on any atom is -0.488 e. The number of ether oxygens (including phenoxy) is 1. The molecule has 2 aromatic carbocycles. The van der Waals surface area contributed by atoms with Gasteiger partial charge in [0.1, 0.15) is 29.8 Å². The quantitative estimate of drug-likeness (QED) is 0.698. The van der Waals surface area contributed by atoms with Crippen molar-refractivity contribution in [1.82, 2.24) is 9.97 Å². The first-order valence-corrected chi connectivity index (χ1v) is 8.17. The van der Waals surface area contributed by atoms with Crippen molar-refractivity contribution >= 4 is 27.7 Å². The van der Waals surface area contributed by atoms with Crippen LogP contribution < -0.4 is 16.2 Å². The number of benzene rings is 2. The third-order valence-electron chi connectivity index (χ3n) is 3.50. The van der Waals surface area contributed by atoms with Crippen molar-refractivity contribution < 1.29 is 4.74 Å². The standard InChI is InChI=1S/C18H14BrN5O/c19-12-6-7-13(16-14(9-20)17(21)24-18(22)23-16)15(8-12)25-10-11-4-2-1-3-5-11/h1-8H,10H2,(H4,21,22,23,24). The van der Waals surface area contributed by atoms with Crippen molar-refractivity contribution in [3.8, 4) is 23.1 Å². The summed E-state index contributed by atoms with van der Waals surface area (Å²) < 4.78 is 6.80. The highest BCUT2D eigenvalue weighted by Crippen LogP contribution is 2.35. The fraction of sp³-hybridized carbons (Fsp3) is 0.0556. The van der Waals surface area contributed by atoms with Crippen LogP contribution >= 0.6 is 15.9 Å². The summed E-state index contributed by atoms with van der Waals surface area (Å²) in [6, 6.07) is 17.3. The summed E-state index contributed by atoms with van der Waals surface area (Å²) in [7, 11) is 0. The summed E-state index contributed by atoms with van der Waals surface area (Å²) in [6.07, 6.45) is 0. The lowest BCUT2D eigenvalue weighted by Crippen LogP contribution is -2.06. The highest BCUT2D eigenvalue weighted by molar-refractivity contribution is 9.10. The van der Waals surface area contributed by atoms with E-state index in [1.807, 2.05) is 48.5 Å². The van der Waals surface area contributed by atoms with Crippen LogP contribution in [0, 0.1) is 11.3 Å². The molecule has 0 bridgehead atoms. The Morgan fingerprint density at radius 3 is 2.56 bits per heavy atom. The minimum absolute atomic E-state index is 0.00317. The number of nitriles is 1. The summed E-state index contributed by atoms with van der Waals surface area (Å²) in [5.74, 6) is 0.609. The molecule has 3 rings (SSSR count). The van der Waals surface area contributed by atoms with Crippen LogP contribution in [-0.2, 0) is 6.61 Å². The maximum atomic E-state index is 9.40. The Hall–Kier alpha value is -3.11. The van der Waals surface area contributed by atoms with E-state index in [4.69, 9.17) is 16.2 Å². The highest BCUT2D eigenvalue weighted by atomic mass is 79.9. The first kappa shape index (κ1) is 16.7. The molecule has 0 aliphatic rings. The monoisotopic (exact) mass is 395 g/mol. The van der Waals surface area contributed by atoms with E-state index in [0.717, 1.165) is 10.0 Å². The summed E-state index contributed by atoms with van der Waals surface area (Å²) in [5, 5.41) is 9.40. The zero-order valence-corrected chi connectivity index (χ0v) is 14.7. The third kappa shape index (κ3) is 3.70. The fourth-order valence-corrected chi connectivity index (χ4v) is 2.69. The molecule has 0 spiro atoms. The normalized spacial score (nSPS) is 10.2. The van der Waals surface area contributed by atoms with Gasteiger partial charge in [-0.1, -0.05) is 46.3 Å². The van der Waals surface area contributed by atoms with Crippen molar-refractivity contribution in [2.24, 2.45) is 0 Å². The Kier molecular flexibility index (Phi) is 4.82. The molecule has 124 valence electrons. The number of nitrogens with two attached hydrogens (primary N) is 2. The van der Waals surface area contributed by atoms with Gasteiger partial charge in [-0.3, -0.25) is 0 Å². The van der Waals surface area contributed by atoms with Gasteiger partial charge in [-0.15, -0.1) is 0 Å².